The number of fused-ring (bicyclic) bond motifs is 1. The molecule has 5 N–H and O–H groups in total. The number of hydrazine groups is 2. The third-order valence-corrected chi connectivity index (χ3v) is 5.28. The second kappa shape index (κ2) is 9.67. The van der Waals surface area contributed by atoms with Gasteiger partial charge in [-0.2, -0.15) is 9.97 Å². The lowest BCUT2D eigenvalue weighted by Crippen LogP contribution is -2.50. The molecule has 1 aromatic heterocycles. The van der Waals surface area contributed by atoms with Gasteiger partial charge in [-0.25, -0.2) is 4.79 Å². The predicted octanol–water partition coefficient (Wildman–Crippen LogP) is 2.69. The summed E-state index contributed by atoms with van der Waals surface area (Å²) in [4.78, 5) is 23.0. The van der Waals surface area contributed by atoms with Crippen molar-refractivity contribution in [2.24, 2.45) is 0 Å². The van der Waals surface area contributed by atoms with Gasteiger partial charge in [0, 0.05) is 30.4 Å². The fourth-order valence-corrected chi connectivity index (χ4v) is 3.60. The summed E-state index contributed by atoms with van der Waals surface area (Å²) in [5, 5.41) is 36.0. The smallest absolute Gasteiger partial charge is 0.339 e. The number of nitrogens with zero attached hydrogens (tertiary/aromatic N) is 5. The maximum atomic E-state index is 11.5. The number of phenols is 1. The molecule has 11 heteroatoms. The predicted molar refractivity (Wildman–Crippen MR) is 128 cm³/mol. The molecule has 2 heterocycles. The molecule has 3 rings (SSSR count). The number of rotatable bonds is 9. The largest absolute Gasteiger partial charge is 0.507 e. The van der Waals surface area contributed by atoms with Gasteiger partial charge in [-0.15, -0.1) is 5.53 Å². The molecule has 0 aliphatic carbocycles. The molecule has 1 aliphatic rings. The number of aromatic hydroxyl groups is 1. The Balaban J connectivity index is 2.20. The minimum absolute atomic E-state index is 0.0402. The number of anilines is 5. The average molecular weight is 460 g/mol. The number of aliphatic hydroxyl groups excluding tert-OH is 1. The number of aromatic nitrogens is 2. The van der Waals surface area contributed by atoms with Crippen molar-refractivity contribution in [3.05, 3.63) is 23.8 Å². The lowest BCUT2D eigenvalue weighted by atomic mass is 10.1. The zero-order valence-corrected chi connectivity index (χ0v) is 19.9. The van der Waals surface area contributed by atoms with Gasteiger partial charge >= 0.3 is 5.97 Å². The Hall–Kier alpha value is -3.31. The van der Waals surface area contributed by atoms with Crippen molar-refractivity contribution in [1.82, 2.24) is 15.5 Å². The van der Waals surface area contributed by atoms with Gasteiger partial charge in [0.05, 0.1) is 6.61 Å². The molecule has 0 spiro atoms. The maximum absolute atomic E-state index is 11.5. The van der Waals surface area contributed by atoms with Crippen molar-refractivity contribution < 1.29 is 20.1 Å². The van der Waals surface area contributed by atoms with Crippen LogP contribution in [0.2, 0.25) is 0 Å². The summed E-state index contributed by atoms with van der Waals surface area (Å²) in [5.74, 6) is 0.0507. The van der Waals surface area contributed by atoms with Crippen LogP contribution in [0.4, 0.5) is 29.0 Å². The lowest BCUT2D eigenvalue weighted by Gasteiger charge is -2.28. The number of carbonyl (C=O) groups is 1. The van der Waals surface area contributed by atoms with Crippen LogP contribution < -0.4 is 25.8 Å². The molecule has 11 nitrogen and oxygen atoms in total. The molecule has 0 saturated carbocycles. The van der Waals surface area contributed by atoms with E-state index in [1.807, 2.05) is 56.5 Å². The highest BCUT2D eigenvalue weighted by molar-refractivity contribution is 5.93. The van der Waals surface area contributed by atoms with E-state index in [1.165, 1.54) is 12.1 Å². The Morgan fingerprint density at radius 1 is 1.12 bits per heavy atom. The van der Waals surface area contributed by atoms with E-state index >= 15 is 0 Å². The van der Waals surface area contributed by atoms with Crippen LogP contribution in [-0.2, 0) is 0 Å². The molecule has 180 valence electrons. The van der Waals surface area contributed by atoms with Crippen molar-refractivity contribution in [3.8, 4) is 5.75 Å². The number of carboxylic acids is 1. The average Bonchev–Trinajstić information content (AvgIpc) is 3.13. The Morgan fingerprint density at radius 3 is 2.33 bits per heavy atom. The number of hydrogen-bond donors (Lipinski definition) is 5. The van der Waals surface area contributed by atoms with Crippen LogP contribution >= 0.6 is 0 Å². The van der Waals surface area contributed by atoms with Crippen LogP contribution in [0.1, 0.15) is 51.9 Å². The highest BCUT2D eigenvalue weighted by Crippen LogP contribution is 2.42. The highest BCUT2D eigenvalue weighted by atomic mass is 16.4. The second-order valence-corrected chi connectivity index (χ2v) is 8.74. The first-order valence-corrected chi connectivity index (χ1v) is 11.0. The summed E-state index contributed by atoms with van der Waals surface area (Å²) < 4.78 is 0. The first kappa shape index (κ1) is 24.3. The zero-order chi connectivity index (χ0) is 24.4. The monoisotopic (exact) mass is 459 g/mol. The fourth-order valence-electron chi connectivity index (χ4n) is 3.60. The fraction of sp³-hybridized carbons (Fsp3) is 0.500. The van der Waals surface area contributed by atoms with Crippen molar-refractivity contribution >= 4 is 34.9 Å². The molecule has 0 bridgehead atoms. The summed E-state index contributed by atoms with van der Waals surface area (Å²) >= 11 is 0. The summed E-state index contributed by atoms with van der Waals surface area (Å²) in [6.45, 7) is 12.5. The van der Waals surface area contributed by atoms with Gasteiger partial charge in [-0.1, -0.05) is 0 Å². The number of benzene rings is 1. The van der Waals surface area contributed by atoms with Crippen LogP contribution in [0, 0.1) is 0 Å². The Bertz CT molecular complexity index is 1010. The summed E-state index contributed by atoms with van der Waals surface area (Å²) in [6, 6.07) is 4.47. The third-order valence-electron chi connectivity index (χ3n) is 5.28. The molecule has 1 aliphatic heterocycles. The van der Waals surface area contributed by atoms with E-state index in [1.54, 1.807) is 6.07 Å². The van der Waals surface area contributed by atoms with Crippen molar-refractivity contribution in [2.45, 2.75) is 59.7 Å². The first-order chi connectivity index (χ1) is 15.5. The van der Waals surface area contributed by atoms with Crippen LogP contribution in [0.3, 0.4) is 0 Å². The standard InChI is InChI=1S/C22H33N7O4/c1-12(2)27(9-10-30)22-24-19(23-15-7-8-17(31)16(11-15)21(32)33)18-20(25-22)29(14(5)6)26-28(18)13(3)4/h7-8,11-14,26,30-31H,9-10H2,1-6H3,(H,32,33)(H,23,24,25). The summed E-state index contributed by atoms with van der Waals surface area (Å²) in [6.07, 6.45) is 0. The normalized spacial score (nSPS) is 13.3. The molecule has 0 atom stereocenters. The van der Waals surface area contributed by atoms with Gasteiger partial charge in [-0.05, 0) is 59.7 Å². The molecule has 0 amide bonds. The zero-order valence-electron chi connectivity index (χ0n) is 19.9. The van der Waals surface area contributed by atoms with E-state index in [0.717, 1.165) is 5.69 Å². The van der Waals surface area contributed by atoms with Gasteiger partial charge in [-0.3, -0.25) is 10.0 Å². The van der Waals surface area contributed by atoms with Crippen LogP contribution in [-0.4, -0.2) is 62.5 Å². The number of aliphatic hydroxyl groups is 1. The Morgan fingerprint density at radius 2 is 1.79 bits per heavy atom. The lowest BCUT2D eigenvalue weighted by molar-refractivity contribution is 0.0693. The van der Waals surface area contributed by atoms with E-state index in [9.17, 15) is 20.1 Å². The van der Waals surface area contributed by atoms with E-state index < -0.39 is 5.97 Å². The number of nitrogens with one attached hydrogen (secondary N) is 2. The molecule has 33 heavy (non-hydrogen) atoms. The SMILES string of the molecule is CC(C)N(CCO)c1nc(Nc2ccc(O)c(C(=O)O)c2)c2c(n1)N(C(C)C)NN2C(C)C. The quantitative estimate of drug-likeness (QED) is 0.354. The minimum Gasteiger partial charge on any atom is -0.507 e. The minimum atomic E-state index is -1.23. The molecule has 2 aromatic rings. The molecular weight excluding hydrogens is 426 g/mol. The third kappa shape index (κ3) is 4.88. The highest BCUT2D eigenvalue weighted by Gasteiger charge is 2.35. The van der Waals surface area contributed by atoms with Crippen molar-refractivity contribution in [3.63, 3.8) is 0 Å². The van der Waals surface area contributed by atoms with Gasteiger partial charge in [0.25, 0.3) is 0 Å². The van der Waals surface area contributed by atoms with Gasteiger partial charge in [0.1, 0.15) is 17.0 Å². The van der Waals surface area contributed by atoms with Crippen LogP contribution in [0.5, 0.6) is 5.75 Å². The molecule has 0 saturated heterocycles. The number of carboxylic acid groups (broad SMARTS) is 1. The van der Waals surface area contributed by atoms with Crippen molar-refractivity contribution in [2.75, 3.05) is 33.4 Å². The molecule has 0 fully saturated rings. The maximum Gasteiger partial charge on any atom is 0.339 e. The second-order valence-electron chi connectivity index (χ2n) is 8.74. The van der Waals surface area contributed by atoms with E-state index in [2.05, 4.69) is 10.9 Å². The summed E-state index contributed by atoms with van der Waals surface area (Å²) in [5.41, 5.74) is 4.34. The Kier molecular flexibility index (Phi) is 7.13. The number of aromatic carboxylic acids is 1. The van der Waals surface area contributed by atoms with Crippen LogP contribution in [0.25, 0.3) is 0 Å². The molecule has 1 aromatic carbocycles. The topological polar surface area (TPSA) is 137 Å². The summed E-state index contributed by atoms with van der Waals surface area (Å²) in [7, 11) is 0. The van der Waals surface area contributed by atoms with Gasteiger partial charge in [0.15, 0.2) is 11.6 Å². The van der Waals surface area contributed by atoms with Gasteiger partial charge < -0.3 is 25.5 Å². The molecule has 0 radical (unpaired) electrons. The van der Waals surface area contributed by atoms with E-state index in [0.29, 0.717) is 29.8 Å². The van der Waals surface area contributed by atoms with E-state index in [-0.39, 0.29) is 36.0 Å². The van der Waals surface area contributed by atoms with Crippen LogP contribution in [0.15, 0.2) is 18.2 Å². The van der Waals surface area contributed by atoms with E-state index in [4.69, 9.17) is 9.97 Å². The van der Waals surface area contributed by atoms with Crippen molar-refractivity contribution in [1.29, 1.82) is 0 Å². The van der Waals surface area contributed by atoms with Gasteiger partial charge in [0.2, 0.25) is 5.95 Å². The molecule has 0 unspecified atom stereocenters. The molecular formula is C22H33N7O4. The Labute approximate surface area is 193 Å². The number of hydrogen-bond acceptors (Lipinski definition) is 10. The first-order valence-electron chi connectivity index (χ1n) is 11.0.